The van der Waals surface area contributed by atoms with Crippen LogP contribution in [0.15, 0.2) is 29.3 Å². The SMILES string of the molecule is CN=C(NCc1ccccc1CN1CCCCC1)NC(C)COC. The highest BCUT2D eigenvalue weighted by atomic mass is 16.5. The van der Waals surface area contributed by atoms with Crippen LogP contribution < -0.4 is 10.6 Å². The van der Waals surface area contributed by atoms with Crippen LogP contribution >= 0.6 is 0 Å². The lowest BCUT2D eigenvalue weighted by Gasteiger charge is -2.27. The Morgan fingerprint density at radius 3 is 2.58 bits per heavy atom. The molecule has 0 saturated carbocycles. The maximum atomic E-state index is 5.16. The van der Waals surface area contributed by atoms with E-state index in [1.807, 2.05) is 0 Å². The fourth-order valence-electron chi connectivity index (χ4n) is 3.14. The third kappa shape index (κ3) is 6.13. The normalized spacial score (nSPS) is 17.5. The molecule has 1 atom stereocenters. The van der Waals surface area contributed by atoms with Crippen molar-refractivity contribution in [3.8, 4) is 0 Å². The van der Waals surface area contributed by atoms with Crippen molar-refractivity contribution >= 4 is 5.96 Å². The Kier molecular flexibility index (Phi) is 8.05. The van der Waals surface area contributed by atoms with Crippen LogP contribution in [-0.4, -0.2) is 50.8 Å². The Balaban J connectivity index is 1.91. The van der Waals surface area contributed by atoms with Gasteiger partial charge in [0.25, 0.3) is 0 Å². The summed E-state index contributed by atoms with van der Waals surface area (Å²) in [7, 11) is 3.51. The molecule has 0 radical (unpaired) electrons. The molecule has 2 N–H and O–H groups in total. The van der Waals surface area contributed by atoms with Gasteiger partial charge in [-0.3, -0.25) is 9.89 Å². The predicted molar refractivity (Wildman–Crippen MR) is 100 cm³/mol. The Bertz CT molecular complexity index is 512. The van der Waals surface area contributed by atoms with E-state index in [4.69, 9.17) is 4.74 Å². The minimum Gasteiger partial charge on any atom is -0.383 e. The van der Waals surface area contributed by atoms with E-state index in [1.165, 1.54) is 43.5 Å². The number of aliphatic imine (C=N–C) groups is 1. The molecule has 1 aliphatic rings. The molecule has 1 saturated heterocycles. The van der Waals surface area contributed by atoms with Gasteiger partial charge in [-0.15, -0.1) is 0 Å². The Morgan fingerprint density at radius 1 is 1.21 bits per heavy atom. The minimum absolute atomic E-state index is 0.227. The molecule has 1 unspecified atom stereocenters. The van der Waals surface area contributed by atoms with Gasteiger partial charge in [-0.1, -0.05) is 30.7 Å². The van der Waals surface area contributed by atoms with Crippen molar-refractivity contribution in [2.75, 3.05) is 33.9 Å². The third-order valence-electron chi connectivity index (χ3n) is 4.43. The largest absolute Gasteiger partial charge is 0.383 e. The van der Waals surface area contributed by atoms with Crippen LogP contribution in [0.2, 0.25) is 0 Å². The summed E-state index contributed by atoms with van der Waals surface area (Å²) in [5.74, 6) is 0.812. The van der Waals surface area contributed by atoms with E-state index in [-0.39, 0.29) is 6.04 Å². The van der Waals surface area contributed by atoms with Gasteiger partial charge >= 0.3 is 0 Å². The maximum Gasteiger partial charge on any atom is 0.191 e. The molecule has 0 bridgehead atoms. The van der Waals surface area contributed by atoms with Gasteiger partial charge in [0, 0.05) is 33.3 Å². The van der Waals surface area contributed by atoms with Crippen LogP contribution in [0, 0.1) is 0 Å². The first kappa shape index (κ1) is 18.7. The number of hydrogen-bond acceptors (Lipinski definition) is 3. The Labute approximate surface area is 146 Å². The Hall–Kier alpha value is -1.59. The van der Waals surface area contributed by atoms with Crippen LogP contribution in [0.4, 0.5) is 0 Å². The number of methoxy groups -OCH3 is 1. The summed E-state index contributed by atoms with van der Waals surface area (Å²) in [5.41, 5.74) is 2.75. The molecule has 0 aliphatic carbocycles. The van der Waals surface area contributed by atoms with Gasteiger partial charge in [-0.25, -0.2) is 0 Å². The number of nitrogens with one attached hydrogen (secondary N) is 2. The first-order valence-electron chi connectivity index (χ1n) is 8.98. The second kappa shape index (κ2) is 10.3. The molecule has 0 amide bonds. The van der Waals surface area contributed by atoms with Crippen molar-refractivity contribution < 1.29 is 4.74 Å². The number of nitrogens with zero attached hydrogens (tertiary/aromatic N) is 2. The van der Waals surface area contributed by atoms with Gasteiger partial charge in [0.05, 0.1) is 6.61 Å². The van der Waals surface area contributed by atoms with Crippen molar-refractivity contribution in [2.24, 2.45) is 4.99 Å². The monoisotopic (exact) mass is 332 g/mol. The third-order valence-corrected chi connectivity index (χ3v) is 4.43. The van der Waals surface area contributed by atoms with Gasteiger partial charge in [0.2, 0.25) is 0 Å². The molecule has 1 heterocycles. The lowest BCUT2D eigenvalue weighted by atomic mass is 10.0. The predicted octanol–water partition coefficient (Wildman–Crippen LogP) is 2.37. The van der Waals surface area contributed by atoms with Crippen molar-refractivity contribution in [3.05, 3.63) is 35.4 Å². The number of likely N-dealkylation sites (tertiary alicyclic amines) is 1. The van der Waals surface area contributed by atoms with E-state index in [0.29, 0.717) is 6.61 Å². The van der Waals surface area contributed by atoms with E-state index in [0.717, 1.165) is 19.0 Å². The van der Waals surface area contributed by atoms with Gasteiger partial charge in [0.15, 0.2) is 5.96 Å². The molecule has 24 heavy (non-hydrogen) atoms. The van der Waals surface area contributed by atoms with Crippen molar-refractivity contribution in [1.29, 1.82) is 0 Å². The van der Waals surface area contributed by atoms with Gasteiger partial charge in [0.1, 0.15) is 0 Å². The van der Waals surface area contributed by atoms with E-state index >= 15 is 0 Å². The van der Waals surface area contributed by atoms with Crippen LogP contribution in [0.5, 0.6) is 0 Å². The molecule has 2 rings (SSSR count). The molecule has 1 aromatic carbocycles. The summed E-state index contributed by atoms with van der Waals surface area (Å²) >= 11 is 0. The van der Waals surface area contributed by atoms with E-state index in [1.54, 1.807) is 14.2 Å². The molecular formula is C19H32N4O. The average Bonchev–Trinajstić information content (AvgIpc) is 2.61. The summed E-state index contributed by atoms with van der Waals surface area (Å²) in [6, 6.07) is 8.93. The zero-order chi connectivity index (χ0) is 17.2. The quantitative estimate of drug-likeness (QED) is 0.594. The highest BCUT2D eigenvalue weighted by Gasteiger charge is 2.12. The summed E-state index contributed by atoms with van der Waals surface area (Å²) in [5, 5.41) is 6.76. The van der Waals surface area contributed by atoms with Gasteiger partial charge in [-0.2, -0.15) is 0 Å². The van der Waals surface area contributed by atoms with E-state index in [2.05, 4.69) is 51.7 Å². The van der Waals surface area contributed by atoms with Gasteiger partial charge in [-0.05, 0) is 44.0 Å². The topological polar surface area (TPSA) is 48.9 Å². The molecule has 5 nitrogen and oxygen atoms in total. The van der Waals surface area contributed by atoms with Crippen molar-refractivity contribution in [1.82, 2.24) is 15.5 Å². The molecule has 1 fully saturated rings. The molecular weight excluding hydrogens is 300 g/mol. The number of guanidine groups is 1. The molecule has 1 aromatic rings. The van der Waals surface area contributed by atoms with Crippen LogP contribution in [-0.2, 0) is 17.8 Å². The average molecular weight is 332 g/mol. The van der Waals surface area contributed by atoms with Crippen molar-refractivity contribution in [2.45, 2.75) is 45.3 Å². The number of benzene rings is 1. The van der Waals surface area contributed by atoms with E-state index < -0.39 is 0 Å². The maximum absolute atomic E-state index is 5.16. The fourth-order valence-corrected chi connectivity index (χ4v) is 3.14. The minimum atomic E-state index is 0.227. The summed E-state index contributed by atoms with van der Waals surface area (Å²) < 4.78 is 5.16. The molecule has 0 spiro atoms. The smallest absolute Gasteiger partial charge is 0.191 e. The first-order valence-corrected chi connectivity index (χ1v) is 8.98. The number of hydrogen-bond donors (Lipinski definition) is 2. The number of piperidine rings is 1. The van der Waals surface area contributed by atoms with Gasteiger partial charge < -0.3 is 15.4 Å². The van der Waals surface area contributed by atoms with Crippen LogP contribution in [0.25, 0.3) is 0 Å². The van der Waals surface area contributed by atoms with Crippen LogP contribution in [0.1, 0.15) is 37.3 Å². The number of rotatable bonds is 7. The molecule has 5 heteroatoms. The number of ether oxygens (including phenoxy) is 1. The standard InChI is InChI=1S/C19H32N4O/c1-16(15-24-3)22-19(20-2)21-13-17-9-5-6-10-18(17)14-23-11-7-4-8-12-23/h5-6,9-10,16H,4,7-8,11-15H2,1-3H3,(H2,20,21,22). The molecule has 134 valence electrons. The zero-order valence-corrected chi connectivity index (χ0v) is 15.3. The highest BCUT2D eigenvalue weighted by molar-refractivity contribution is 5.79. The van der Waals surface area contributed by atoms with Crippen LogP contribution in [0.3, 0.4) is 0 Å². The van der Waals surface area contributed by atoms with Crippen molar-refractivity contribution in [3.63, 3.8) is 0 Å². The molecule has 1 aliphatic heterocycles. The first-order chi connectivity index (χ1) is 11.7. The summed E-state index contributed by atoms with van der Waals surface area (Å²) in [4.78, 5) is 6.86. The summed E-state index contributed by atoms with van der Waals surface area (Å²) in [6.07, 6.45) is 4.03. The van der Waals surface area contributed by atoms with E-state index in [9.17, 15) is 0 Å². The fraction of sp³-hybridized carbons (Fsp3) is 0.632. The Morgan fingerprint density at radius 2 is 1.92 bits per heavy atom. The second-order valence-corrected chi connectivity index (χ2v) is 6.53. The zero-order valence-electron chi connectivity index (χ0n) is 15.3. The highest BCUT2D eigenvalue weighted by Crippen LogP contribution is 2.16. The lowest BCUT2D eigenvalue weighted by Crippen LogP contribution is -2.43. The second-order valence-electron chi connectivity index (χ2n) is 6.53. The molecule has 0 aromatic heterocycles. The lowest BCUT2D eigenvalue weighted by molar-refractivity contribution is 0.179. The summed E-state index contributed by atoms with van der Waals surface area (Å²) in [6.45, 7) is 7.01.